The number of aromatic nitrogens is 1. The molecule has 7 heteroatoms. The van der Waals surface area contributed by atoms with Gasteiger partial charge in [0.15, 0.2) is 5.13 Å². The number of esters is 1. The van der Waals surface area contributed by atoms with Crippen molar-refractivity contribution in [3.8, 4) is 0 Å². The van der Waals surface area contributed by atoms with Gasteiger partial charge in [0.05, 0.1) is 12.7 Å². The summed E-state index contributed by atoms with van der Waals surface area (Å²) in [7, 11) is 1.33. The lowest BCUT2D eigenvalue weighted by Crippen LogP contribution is -2.05. The van der Waals surface area contributed by atoms with Crippen LogP contribution in [0.3, 0.4) is 0 Å². The third kappa shape index (κ3) is 3.98. The summed E-state index contributed by atoms with van der Waals surface area (Å²) in [5.74, 6) is -0.400. The Morgan fingerprint density at radius 1 is 1.15 bits per heavy atom. The summed E-state index contributed by atoms with van der Waals surface area (Å²) in [6, 6.07) is 12.5. The van der Waals surface area contributed by atoms with Crippen LogP contribution in [0, 0.1) is 13.8 Å². The quantitative estimate of drug-likeness (QED) is 0.510. The zero-order chi connectivity index (χ0) is 19.6. The Hall–Kier alpha value is -3.19. The van der Waals surface area contributed by atoms with Crippen molar-refractivity contribution >= 4 is 39.7 Å². The first kappa shape index (κ1) is 18.6. The molecule has 0 atom stereocenters. The molecule has 6 nitrogen and oxygen atoms in total. The van der Waals surface area contributed by atoms with Gasteiger partial charge in [-0.15, -0.1) is 0 Å². The highest BCUT2D eigenvalue weighted by molar-refractivity contribution is 7.18. The molecule has 0 saturated heterocycles. The monoisotopic (exact) mass is 381 g/mol. The number of nitrogens with zero attached hydrogens (tertiary/aromatic N) is 1. The maximum Gasteiger partial charge on any atom is 0.337 e. The Balaban J connectivity index is 1.88. The maximum absolute atomic E-state index is 12.9. The Kier molecular flexibility index (Phi) is 5.23. The average molecular weight is 381 g/mol. The standard InChI is InChI=1S/C20H19N3O3S/c1-11-7-8-12(2)15(9-11)16(24)17-18(21)23-20(27-17)22-14-6-4-5-13(10-14)19(25)26-3/h4-10H,21H2,1-3H3,(H,22,23). The van der Waals surface area contributed by atoms with Crippen LogP contribution in [0.25, 0.3) is 0 Å². The normalized spacial score (nSPS) is 10.5. The van der Waals surface area contributed by atoms with Gasteiger partial charge in [0, 0.05) is 11.3 Å². The molecule has 0 unspecified atom stereocenters. The van der Waals surface area contributed by atoms with Crippen molar-refractivity contribution in [3.63, 3.8) is 0 Å². The fourth-order valence-corrected chi connectivity index (χ4v) is 3.48. The highest BCUT2D eigenvalue weighted by Crippen LogP contribution is 2.30. The lowest BCUT2D eigenvalue weighted by atomic mass is 10.0. The van der Waals surface area contributed by atoms with Crippen LogP contribution in [0.1, 0.15) is 36.7 Å². The number of aryl methyl sites for hydroxylation is 2. The number of anilines is 3. The summed E-state index contributed by atoms with van der Waals surface area (Å²) < 4.78 is 4.72. The summed E-state index contributed by atoms with van der Waals surface area (Å²) in [5, 5.41) is 3.56. The van der Waals surface area contributed by atoms with Crippen molar-refractivity contribution < 1.29 is 14.3 Å². The zero-order valence-electron chi connectivity index (χ0n) is 15.2. The van der Waals surface area contributed by atoms with Gasteiger partial charge in [0.2, 0.25) is 5.78 Å². The molecular weight excluding hydrogens is 362 g/mol. The van der Waals surface area contributed by atoms with Gasteiger partial charge in [-0.2, -0.15) is 0 Å². The second-order valence-electron chi connectivity index (χ2n) is 6.08. The fraction of sp³-hybridized carbons (Fsp3) is 0.150. The predicted octanol–water partition coefficient (Wildman–Crippen LogP) is 4.10. The minimum atomic E-state index is -0.428. The molecule has 1 aromatic heterocycles. The molecular formula is C20H19N3O3S. The van der Waals surface area contributed by atoms with Crippen molar-refractivity contribution in [1.82, 2.24) is 4.98 Å². The smallest absolute Gasteiger partial charge is 0.337 e. The van der Waals surface area contributed by atoms with Gasteiger partial charge in [-0.05, 0) is 43.7 Å². The van der Waals surface area contributed by atoms with Crippen LogP contribution < -0.4 is 11.1 Å². The molecule has 0 spiro atoms. The molecule has 0 aliphatic heterocycles. The maximum atomic E-state index is 12.9. The number of ether oxygens (including phenoxy) is 1. The molecule has 3 aromatic rings. The van der Waals surface area contributed by atoms with Crippen LogP contribution in [0.2, 0.25) is 0 Å². The lowest BCUT2D eigenvalue weighted by molar-refractivity contribution is 0.0600. The van der Waals surface area contributed by atoms with Crippen LogP contribution in [0.4, 0.5) is 16.6 Å². The number of carbonyl (C=O) groups is 2. The number of benzene rings is 2. The van der Waals surface area contributed by atoms with Gasteiger partial charge >= 0.3 is 5.97 Å². The van der Waals surface area contributed by atoms with Gasteiger partial charge in [0.25, 0.3) is 0 Å². The fourth-order valence-electron chi connectivity index (χ4n) is 2.62. The van der Waals surface area contributed by atoms with Crippen molar-refractivity contribution in [2.24, 2.45) is 0 Å². The Bertz CT molecular complexity index is 1030. The van der Waals surface area contributed by atoms with Crippen molar-refractivity contribution in [2.75, 3.05) is 18.2 Å². The molecule has 138 valence electrons. The molecule has 27 heavy (non-hydrogen) atoms. The van der Waals surface area contributed by atoms with Crippen LogP contribution in [-0.2, 0) is 4.74 Å². The number of nitrogen functional groups attached to an aromatic ring is 1. The molecule has 0 bridgehead atoms. The van der Waals surface area contributed by atoms with Crippen LogP contribution in [0.15, 0.2) is 42.5 Å². The molecule has 0 radical (unpaired) electrons. The summed E-state index contributed by atoms with van der Waals surface area (Å²) in [6.07, 6.45) is 0. The molecule has 3 N–H and O–H groups in total. The third-order valence-electron chi connectivity index (χ3n) is 4.03. The molecule has 0 amide bonds. The summed E-state index contributed by atoms with van der Waals surface area (Å²) in [5.41, 5.74) is 9.56. The SMILES string of the molecule is COC(=O)c1cccc(Nc2nc(N)c(C(=O)c3cc(C)ccc3C)s2)c1. The number of nitrogens with two attached hydrogens (primary N) is 1. The van der Waals surface area contributed by atoms with E-state index in [-0.39, 0.29) is 11.6 Å². The highest BCUT2D eigenvalue weighted by Gasteiger charge is 2.20. The highest BCUT2D eigenvalue weighted by atomic mass is 32.1. The third-order valence-corrected chi connectivity index (χ3v) is 5.02. The van der Waals surface area contributed by atoms with E-state index in [0.29, 0.717) is 26.8 Å². The van der Waals surface area contributed by atoms with Crippen molar-refractivity contribution in [2.45, 2.75) is 13.8 Å². The molecule has 0 aliphatic rings. The summed E-state index contributed by atoms with van der Waals surface area (Å²) in [6.45, 7) is 3.83. The number of carbonyl (C=O) groups excluding carboxylic acids is 2. The Morgan fingerprint density at radius 3 is 2.67 bits per heavy atom. The van der Waals surface area contributed by atoms with Crippen molar-refractivity contribution in [3.05, 3.63) is 69.6 Å². The van der Waals surface area contributed by atoms with E-state index in [1.165, 1.54) is 18.4 Å². The van der Waals surface area contributed by atoms with E-state index in [1.54, 1.807) is 24.3 Å². The second kappa shape index (κ2) is 7.59. The van der Waals surface area contributed by atoms with Gasteiger partial charge < -0.3 is 15.8 Å². The van der Waals surface area contributed by atoms with E-state index >= 15 is 0 Å². The van der Waals surface area contributed by atoms with Gasteiger partial charge in [-0.25, -0.2) is 9.78 Å². The van der Waals surface area contributed by atoms with E-state index in [1.807, 2.05) is 32.0 Å². The molecule has 2 aromatic carbocycles. The number of hydrogen-bond acceptors (Lipinski definition) is 7. The van der Waals surface area contributed by atoms with Gasteiger partial charge in [0.1, 0.15) is 10.7 Å². The number of thiazole rings is 1. The van der Waals surface area contributed by atoms with E-state index in [4.69, 9.17) is 10.5 Å². The van der Waals surface area contributed by atoms with E-state index < -0.39 is 5.97 Å². The van der Waals surface area contributed by atoms with Crippen LogP contribution in [-0.4, -0.2) is 23.8 Å². The number of ketones is 1. The molecule has 3 rings (SSSR count). The largest absolute Gasteiger partial charge is 0.465 e. The Labute approximate surface area is 161 Å². The summed E-state index contributed by atoms with van der Waals surface area (Å²) in [4.78, 5) is 29.2. The Morgan fingerprint density at radius 2 is 1.93 bits per heavy atom. The van der Waals surface area contributed by atoms with E-state index in [0.717, 1.165) is 11.1 Å². The first-order chi connectivity index (χ1) is 12.9. The number of hydrogen-bond donors (Lipinski definition) is 2. The van der Waals surface area contributed by atoms with Gasteiger partial charge in [-0.3, -0.25) is 4.79 Å². The van der Waals surface area contributed by atoms with E-state index in [9.17, 15) is 9.59 Å². The second-order valence-corrected chi connectivity index (χ2v) is 7.08. The first-order valence-corrected chi connectivity index (χ1v) is 9.04. The molecule has 0 fully saturated rings. The predicted molar refractivity (Wildman–Crippen MR) is 107 cm³/mol. The van der Waals surface area contributed by atoms with E-state index in [2.05, 4.69) is 10.3 Å². The van der Waals surface area contributed by atoms with Gasteiger partial charge in [-0.1, -0.05) is 35.1 Å². The molecule has 0 saturated carbocycles. The van der Waals surface area contributed by atoms with Crippen molar-refractivity contribution in [1.29, 1.82) is 0 Å². The lowest BCUT2D eigenvalue weighted by Gasteiger charge is -2.05. The summed E-state index contributed by atoms with van der Waals surface area (Å²) >= 11 is 1.18. The van der Waals surface area contributed by atoms with Crippen LogP contribution >= 0.6 is 11.3 Å². The number of rotatable bonds is 5. The molecule has 1 heterocycles. The van der Waals surface area contributed by atoms with Crippen LogP contribution in [0.5, 0.6) is 0 Å². The minimum Gasteiger partial charge on any atom is -0.465 e. The zero-order valence-corrected chi connectivity index (χ0v) is 16.0. The minimum absolute atomic E-state index is 0.150. The number of methoxy groups -OCH3 is 1. The molecule has 0 aliphatic carbocycles. The topological polar surface area (TPSA) is 94.3 Å². The average Bonchev–Trinajstić information content (AvgIpc) is 3.02. The first-order valence-electron chi connectivity index (χ1n) is 8.22. The number of nitrogens with one attached hydrogen (secondary N) is 1.